The van der Waals surface area contributed by atoms with Crippen LogP contribution in [0.4, 0.5) is 11.5 Å². The fourth-order valence-electron chi connectivity index (χ4n) is 3.20. The van der Waals surface area contributed by atoms with Gasteiger partial charge in [-0.25, -0.2) is 4.98 Å². The van der Waals surface area contributed by atoms with Crippen LogP contribution in [-0.2, 0) is 4.74 Å². The normalized spacial score (nSPS) is 14.7. The molecule has 0 saturated carbocycles. The first-order valence-electron chi connectivity index (χ1n) is 9.45. The smallest absolute Gasteiger partial charge is 0.252 e. The van der Waals surface area contributed by atoms with Crippen LogP contribution in [0.2, 0.25) is 0 Å². The van der Waals surface area contributed by atoms with Gasteiger partial charge in [-0.15, -0.1) is 0 Å². The molecule has 0 bridgehead atoms. The second-order valence-electron chi connectivity index (χ2n) is 6.65. The van der Waals surface area contributed by atoms with Crippen LogP contribution in [0.5, 0.6) is 0 Å². The van der Waals surface area contributed by atoms with E-state index in [1.165, 1.54) is 0 Å². The molecule has 0 aliphatic carbocycles. The van der Waals surface area contributed by atoms with Crippen LogP contribution in [0.1, 0.15) is 10.4 Å². The first kappa shape index (κ1) is 18.3. The lowest BCUT2D eigenvalue weighted by atomic mass is 10.2. The number of nitrogens with zero attached hydrogens (tertiary/aromatic N) is 3. The van der Waals surface area contributed by atoms with Gasteiger partial charge in [0.1, 0.15) is 5.82 Å². The highest BCUT2D eigenvalue weighted by Gasteiger charge is 2.11. The van der Waals surface area contributed by atoms with Gasteiger partial charge in [-0.05, 0) is 24.3 Å². The van der Waals surface area contributed by atoms with E-state index in [-0.39, 0.29) is 5.91 Å². The number of amides is 1. The Morgan fingerprint density at radius 2 is 1.93 bits per heavy atom. The highest BCUT2D eigenvalue weighted by molar-refractivity contribution is 5.94. The molecular weight excluding hydrogens is 354 g/mol. The maximum absolute atomic E-state index is 12.3. The number of morpholine rings is 1. The summed E-state index contributed by atoms with van der Waals surface area (Å²) in [6.07, 6.45) is 3.36. The zero-order valence-corrected chi connectivity index (χ0v) is 15.6. The van der Waals surface area contributed by atoms with E-state index in [4.69, 9.17) is 4.74 Å². The van der Waals surface area contributed by atoms with Crippen LogP contribution in [0.25, 0.3) is 10.9 Å². The molecule has 1 amide bonds. The van der Waals surface area contributed by atoms with E-state index < -0.39 is 0 Å². The van der Waals surface area contributed by atoms with Gasteiger partial charge in [0.05, 0.1) is 30.0 Å². The molecule has 1 aliphatic rings. The number of aromatic nitrogens is 2. The van der Waals surface area contributed by atoms with Gasteiger partial charge < -0.3 is 15.4 Å². The topological polar surface area (TPSA) is 79.4 Å². The van der Waals surface area contributed by atoms with Crippen molar-refractivity contribution >= 4 is 28.3 Å². The molecule has 2 N–H and O–H groups in total. The fourth-order valence-corrected chi connectivity index (χ4v) is 3.20. The number of nitrogens with one attached hydrogen (secondary N) is 2. The number of fused-ring (bicyclic) bond motifs is 1. The molecule has 2 aromatic heterocycles. The van der Waals surface area contributed by atoms with Crippen molar-refractivity contribution in [3.8, 4) is 0 Å². The monoisotopic (exact) mass is 377 g/mol. The maximum Gasteiger partial charge on any atom is 0.252 e. The quantitative estimate of drug-likeness (QED) is 0.687. The van der Waals surface area contributed by atoms with Gasteiger partial charge in [0.2, 0.25) is 0 Å². The fraction of sp³-hybridized carbons (Fsp3) is 0.286. The molecule has 3 aromatic rings. The van der Waals surface area contributed by atoms with Crippen LogP contribution >= 0.6 is 0 Å². The Morgan fingerprint density at radius 3 is 2.75 bits per heavy atom. The van der Waals surface area contributed by atoms with Gasteiger partial charge >= 0.3 is 0 Å². The summed E-state index contributed by atoms with van der Waals surface area (Å²) in [7, 11) is 0. The lowest BCUT2D eigenvalue weighted by Crippen LogP contribution is -2.41. The van der Waals surface area contributed by atoms with Crippen molar-refractivity contribution in [2.24, 2.45) is 0 Å². The molecule has 0 radical (unpaired) electrons. The van der Waals surface area contributed by atoms with E-state index in [9.17, 15) is 4.79 Å². The highest BCUT2D eigenvalue weighted by Crippen LogP contribution is 2.23. The molecule has 7 heteroatoms. The van der Waals surface area contributed by atoms with E-state index in [2.05, 4.69) is 25.5 Å². The van der Waals surface area contributed by atoms with E-state index >= 15 is 0 Å². The Balaban J connectivity index is 1.34. The SMILES string of the molecule is O=C(NCCN1CCOCC1)c1ccc(Nc2cccc3cccnc23)nc1. The number of hydrogen-bond acceptors (Lipinski definition) is 6. The van der Waals surface area contributed by atoms with Gasteiger partial charge in [0.25, 0.3) is 5.91 Å². The van der Waals surface area contributed by atoms with Crippen LogP contribution in [0.3, 0.4) is 0 Å². The number of ether oxygens (including phenoxy) is 1. The van der Waals surface area contributed by atoms with Crippen molar-refractivity contribution in [2.45, 2.75) is 0 Å². The summed E-state index contributed by atoms with van der Waals surface area (Å²) in [5.74, 6) is 0.558. The summed E-state index contributed by atoms with van der Waals surface area (Å²) in [6.45, 7) is 4.80. The minimum atomic E-state index is -0.112. The first-order valence-corrected chi connectivity index (χ1v) is 9.45. The molecule has 3 heterocycles. The average Bonchev–Trinajstić information content (AvgIpc) is 2.75. The molecule has 1 aromatic carbocycles. The van der Waals surface area contributed by atoms with Crippen molar-refractivity contribution in [3.63, 3.8) is 0 Å². The number of carbonyl (C=O) groups is 1. The molecule has 1 saturated heterocycles. The second-order valence-corrected chi connectivity index (χ2v) is 6.65. The van der Waals surface area contributed by atoms with E-state index in [1.807, 2.05) is 30.3 Å². The minimum absolute atomic E-state index is 0.112. The van der Waals surface area contributed by atoms with Crippen molar-refractivity contribution in [2.75, 3.05) is 44.7 Å². The summed E-state index contributed by atoms with van der Waals surface area (Å²) in [6, 6.07) is 13.5. The molecular formula is C21H23N5O2. The van der Waals surface area contributed by atoms with E-state index in [1.54, 1.807) is 24.5 Å². The molecule has 0 unspecified atom stereocenters. The van der Waals surface area contributed by atoms with Gasteiger partial charge in [-0.3, -0.25) is 14.7 Å². The summed E-state index contributed by atoms with van der Waals surface area (Å²) in [5, 5.41) is 7.28. The Labute approximate surface area is 163 Å². The van der Waals surface area contributed by atoms with Crippen LogP contribution < -0.4 is 10.6 Å². The predicted molar refractivity (Wildman–Crippen MR) is 109 cm³/mol. The number of pyridine rings is 2. The third-order valence-corrected chi connectivity index (χ3v) is 4.74. The molecule has 7 nitrogen and oxygen atoms in total. The van der Waals surface area contributed by atoms with Crippen LogP contribution in [0, 0.1) is 0 Å². The molecule has 0 spiro atoms. The number of benzene rings is 1. The number of para-hydroxylation sites is 1. The Hall–Kier alpha value is -3.03. The standard InChI is InChI=1S/C21H23N5O2/c27-21(23-9-10-26-11-13-28-14-12-26)17-6-7-19(24-15-17)25-18-5-1-3-16-4-2-8-22-20(16)18/h1-8,15H,9-14H2,(H,23,27)(H,24,25). The number of anilines is 2. The van der Waals surface area contributed by atoms with E-state index in [0.717, 1.165) is 49.4 Å². The number of carbonyl (C=O) groups excluding carboxylic acids is 1. The maximum atomic E-state index is 12.3. The number of rotatable bonds is 6. The zero-order chi connectivity index (χ0) is 19.2. The predicted octanol–water partition coefficient (Wildman–Crippen LogP) is 2.44. The second kappa shape index (κ2) is 8.77. The Morgan fingerprint density at radius 1 is 1.07 bits per heavy atom. The van der Waals surface area contributed by atoms with Crippen molar-refractivity contribution < 1.29 is 9.53 Å². The first-order chi connectivity index (χ1) is 13.8. The van der Waals surface area contributed by atoms with Gasteiger partial charge in [-0.1, -0.05) is 18.2 Å². The largest absolute Gasteiger partial charge is 0.379 e. The Kier molecular flexibility index (Phi) is 5.75. The molecule has 0 atom stereocenters. The molecule has 1 aliphatic heterocycles. The Bertz CT molecular complexity index is 934. The van der Waals surface area contributed by atoms with Gasteiger partial charge in [-0.2, -0.15) is 0 Å². The number of hydrogen-bond donors (Lipinski definition) is 2. The van der Waals surface area contributed by atoms with Crippen LogP contribution in [-0.4, -0.2) is 60.2 Å². The molecule has 1 fully saturated rings. The van der Waals surface area contributed by atoms with Gasteiger partial charge in [0, 0.05) is 44.0 Å². The molecule has 28 heavy (non-hydrogen) atoms. The third kappa shape index (κ3) is 4.44. The van der Waals surface area contributed by atoms with Crippen molar-refractivity contribution in [1.29, 1.82) is 0 Å². The average molecular weight is 377 g/mol. The zero-order valence-electron chi connectivity index (χ0n) is 15.6. The van der Waals surface area contributed by atoms with Crippen molar-refractivity contribution in [3.05, 3.63) is 60.4 Å². The lowest BCUT2D eigenvalue weighted by Gasteiger charge is -2.26. The summed E-state index contributed by atoms with van der Waals surface area (Å²) in [5.41, 5.74) is 2.31. The van der Waals surface area contributed by atoms with E-state index in [0.29, 0.717) is 17.9 Å². The molecule has 4 rings (SSSR count). The van der Waals surface area contributed by atoms with Gasteiger partial charge in [0.15, 0.2) is 0 Å². The lowest BCUT2D eigenvalue weighted by molar-refractivity contribution is 0.0383. The summed E-state index contributed by atoms with van der Waals surface area (Å²) >= 11 is 0. The molecule has 144 valence electrons. The summed E-state index contributed by atoms with van der Waals surface area (Å²) < 4.78 is 5.33. The minimum Gasteiger partial charge on any atom is -0.379 e. The summed E-state index contributed by atoms with van der Waals surface area (Å²) in [4.78, 5) is 23.4. The third-order valence-electron chi connectivity index (χ3n) is 4.74. The highest BCUT2D eigenvalue weighted by atomic mass is 16.5. The van der Waals surface area contributed by atoms with Crippen LogP contribution in [0.15, 0.2) is 54.9 Å². The van der Waals surface area contributed by atoms with Crippen molar-refractivity contribution in [1.82, 2.24) is 20.2 Å².